The number of aromatic hydroxyl groups is 1. The molecule has 0 radical (unpaired) electrons. The predicted molar refractivity (Wildman–Crippen MR) is 116 cm³/mol. The number of likely N-dealkylation sites (N-methyl/N-ethyl adjacent to an activating group) is 1. The second kappa shape index (κ2) is 9.43. The molecule has 0 aliphatic carbocycles. The van der Waals surface area contributed by atoms with Crippen molar-refractivity contribution in [3.05, 3.63) is 65.0 Å². The summed E-state index contributed by atoms with van der Waals surface area (Å²) in [6.07, 6.45) is 1.47. The van der Waals surface area contributed by atoms with Gasteiger partial charge >= 0.3 is 0 Å². The van der Waals surface area contributed by atoms with Crippen molar-refractivity contribution in [3.8, 4) is 5.75 Å². The van der Waals surface area contributed by atoms with Crippen molar-refractivity contribution in [2.24, 2.45) is 0 Å². The zero-order valence-corrected chi connectivity index (χ0v) is 17.7. The Bertz CT molecular complexity index is 846. The third-order valence-corrected chi connectivity index (χ3v) is 6.50. The standard InChI is InChI=1S/C24H32FN3O2/c1-27-10-12-28(13-11-27)18-20-16-19(6-7-23(20)29)17-26-24(8-14-30-15-9-24)21-4-2-3-5-22(21)25/h2-7,16,26,29H,8-15,17-18H2,1H3. The fraction of sp³-hybridized carbons (Fsp3) is 0.500. The molecule has 0 saturated carbocycles. The van der Waals surface area contributed by atoms with Gasteiger partial charge in [-0.25, -0.2) is 4.39 Å². The highest BCUT2D eigenvalue weighted by Gasteiger charge is 2.36. The number of hydrogen-bond acceptors (Lipinski definition) is 5. The Morgan fingerprint density at radius 1 is 1.07 bits per heavy atom. The van der Waals surface area contributed by atoms with Crippen LogP contribution in [0, 0.1) is 5.82 Å². The van der Waals surface area contributed by atoms with Crippen LogP contribution in [0.4, 0.5) is 4.39 Å². The summed E-state index contributed by atoms with van der Waals surface area (Å²) in [5.41, 5.74) is 2.33. The smallest absolute Gasteiger partial charge is 0.128 e. The summed E-state index contributed by atoms with van der Waals surface area (Å²) in [6, 6.07) is 12.8. The van der Waals surface area contributed by atoms with Gasteiger partial charge in [0.25, 0.3) is 0 Å². The van der Waals surface area contributed by atoms with Crippen molar-refractivity contribution in [3.63, 3.8) is 0 Å². The summed E-state index contributed by atoms with van der Waals surface area (Å²) >= 11 is 0. The van der Waals surface area contributed by atoms with Crippen LogP contribution in [-0.4, -0.2) is 61.3 Å². The third kappa shape index (κ3) is 4.83. The normalized spacial score (nSPS) is 20.3. The van der Waals surface area contributed by atoms with Gasteiger partial charge in [0.05, 0.1) is 5.54 Å². The number of nitrogens with one attached hydrogen (secondary N) is 1. The van der Waals surface area contributed by atoms with Crippen LogP contribution in [0.2, 0.25) is 0 Å². The Morgan fingerprint density at radius 3 is 2.53 bits per heavy atom. The SMILES string of the molecule is CN1CCN(Cc2cc(CNC3(c4ccccc4F)CCOCC3)ccc2O)CC1. The highest BCUT2D eigenvalue weighted by atomic mass is 19.1. The minimum absolute atomic E-state index is 0.173. The van der Waals surface area contributed by atoms with Crippen LogP contribution in [0.3, 0.4) is 0 Å². The molecule has 162 valence electrons. The number of nitrogens with zero attached hydrogens (tertiary/aromatic N) is 2. The Morgan fingerprint density at radius 2 is 1.80 bits per heavy atom. The van der Waals surface area contributed by atoms with Crippen molar-refractivity contribution in [1.29, 1.82) is 0 Å². The first-order chi connectivity index (χ1) is 14.6. The van der Waals surface area contributed by atoms with Gasteiger partial charge in [-0.1, -0.05) is 24.3 Å². The molecule has 0 atom stereocenters. The summed E-state index contributed by atoms with van der Waals surface area (Å²) in [7, 11) is 2.14. The van der Waals surface area contributed by atoms with Gasteiger partial charge in [-0.05, 0) is 43.7 Å². The first kappa shape index (κ1) is 21.2. The molecule has 0 unspecified atom stereocenters. The number of hydrogen-bond donors (Lipinski definition) is 2. The Hall–Kier alpha value is -1.99. The lowest BCUT2D eigenvalue weighted by Gasteiger charge is -2.39. The second-order valence-electron chi connectivity index (χ2n) is 8.57. The number of rotatable bonds is 6. The molecule has 2 aromatic carbocycles. The van der Waals surface area contributed by atoms with Crippen molar-refractivity contribution in [2.45, 2.75) is 31.5 Å². The predicted octanol–water partition coefficient (Wildman–Crippen LogP) is 3.07. The number of piperazine rings is 1. The average molecular weight is 414 g/mol. The van der Waals surface area contributed by atoms with Gasteiger partial charge in [-0.2, -0.15) is 0 Å². The number of halogens is 1. The summed E-state index contributed by atoms with van der Waals surface area (Å²) in [5.74, 6) is 0.168. The maximum absolute atomic E-state index is 14.6. The maximum atomic E-state index is 14.6. The molecule has 2 heterocycles. The van der Waals surface area contributed by atoms with E-state index >= 15 is 0 Å². The monoisotopic (exact) mass is 413 g/mol. The molecule has 2 fully saturated rings. The van der Waals surface area contributed by atoms with Crippen molar-refractivity contribution in [1.82, 2.24) is 15.1 Å². The average Bonchev–Trinajstić information content (AvgIpc) is 2.77. The third-order valence-electron chi connectivity index (χ3n) is 6.50. The van der Waals surface area contributed by atoms with E-state index in [-0.39, 0.29) is 5.82 Å². The van der Waals surface area contributed by atoms with Gasteiger partial charge in [-0.15, -0.1) is 0 Å². The van der Waals surface area contributed by atoms with Gasteiger partial charge < -0.3 is 20.1 Å². The van der Waals surface area contributed by atoms with Crippen molar-refractivity contribution in [2.75, 3.05) is 46.4 Å². The van der Waals surface area contributed by atoms with Crippen LogP contribution in [0.1, 0.15) is 29.5 Å². The molecule has 6 heteroatoms. The van der Waals surface area contributed by atoms with Crippen LogP contribution in [-0.2, 0) is 23.4 Å². The zero-order chi connectivity index (χ0) is 21.0. The van der Waals surface area contributed by atoms with E-state index in [0.717, 1.165) is 56.7 Å². The Labute approximate surface area is 178 Å². The molecule has 0 aromatic heterocycles. The molecule has 0 amide bonds. The molecule has 2 aromatic rings. The molecule has 2 N–H and O–H groups in total. The summed E-state index contributed by atoms with van der Waals surface area (Å²) in [6.45, 7) is 6.72. The topological polar surface area (TPSA) is 48.0 Å². The van der Waals surface area contributed by atoms with E-state index in [1.807, 2.05) is 18.2 Å². The minimum atomic E-state index is -0.431. The lowest BCUT2D eigenvalue weighted by molar-refractivity contribution is 0.0344. The van der Waals surface area contributed by atoms with Crippen molar-refractivity contribution >= 4 is 0 Å². The van der Waals surface area contributed by atoms with E-state index in [2.05, 4.69) is 28.2 Å². The molecule has 0 bridgehead atoms. The van der Waals surface area contributed by atoms with Crippen LogP contribution < -0.4 is 5.32 Å². The van der Waals surface area contributed by atoms with E-state index in [1.54, 1.807) is 12.1 Å². The maximum Gasteiger partial charge on any atom is 0.128 e. The molecule has 0 spiro atoms. The van der Waals surface area contributed by atoms with Gasteiger partial charge in [0.15, 0.2) is 0 Å². The fourth-order valence-corrected chi connectivity index (χ4v) is 4.50. The fourth-order valence-electron chi connectivity index (χ4n) is 4.50. The van der Waals surface area contributed by atoms with Crippen LogP contribution in [0.25, 0.3) is 0 Å². The Kier molecular flexibility index (Phi) is 6.68. The van der Waals surface area contributed by atoms with E-state index in [1.165, 1.54) is 6.07 Å². The quantitative estimate of drug-likeness (QED) is 0.762. The van der Waals surface area contributed by atoms with E-state index in [9.17, 15) is 9.50 Å². The van der Waals surface area contributed by atoms with Gasteiger partial charge in [0.2, 0.25) is 0 Å². The number of ether oxygens (including phenoxy) is 1. The highest BCUT2D eigenvalue weighted by Crippen LogP contribution is 2.34. The molecule has 2 aliphatic heterocycles. The van der Waals surface area contributed by atoms with Gasteiger partial charge in [-0.3, -0.25) is 4.90 Å². The van der Waals surface area contributed by atoms with Gasteiger partial charge in [0.1, 0.15) is 11.6 Å². The molecule has 30 heavy (non-hydrogen) atoms. The van der Waals surface area contributed by atoms with E-state index in [4.69, 9.17) is 4.74 Å². The molecule has 2 saturated heterocycles. The molecule has 2 aliphatic rings. The minimum Gasteiger partial charge on any atom is -0.508 e. The lowest BCUT2D eigenvalue weighted by Crippen LogP contribution is -2.47. The molecule has 5 nitrogen and oxygen atoms in total. The Balaban J connectivity index is 1.48. The largest absolute Gasteiger partial charge is 0.508 e. The van der Waals surface area contributed by atoms with Crippen LogP contribution in [0.15, 0.2) is 42.5 Å². The lowest BCUT2D eigenvalue weighted by atomic mass is 9.82. The molecular weight excluding hydrogens is 381 g/mol. The highest BCUT2D eigenvalue weighted by molar-refractivity contribution is 5.36. The number of phenols is 1. The van der Waals surface area contributed by atoms with Crippen molar-refractivity contribution < 1.29 is 14.2 Å². The number of benzene rings is 2. The molecular formula is C24H32FN3O2. The van der Waals surface area contributed by atoms with Crippen LogP contribution >= 0.6 is 0 Å². The first-order valence-corrected chi connectivity index (χ1v) is 10.9. The first-order valence-electron chi connectivity index (χ1n) is 10.9. The van der Waals surface area contributed by atoms with Gasteiger partial charge in [0, 0.05) is 63.6 Å². The van der Waals surface area contributed by atoms with E-state index < -0.39 is 5.54 Å². The summed E-state index contributed by atoms with van der Waals surface area (Å²) in [4.78, 5) is 4.71. The summed E-state index contributed by atoms with van der Waals surface area (Å²) < 4.78 is 20.2. The number of phenolic OH excluding ortho intramolecular Hbond substituents is 1. The molecule has 4 rings (SSSR count). The summed E-state index contributed by atoms with van der Waals surface area (Å²) in [5, 5.41) is 14.0. The van der Waals surface area contributed by atoms with Crippen LogP contribution in [0.5, 0.6) is 5.75 Å². The zero-order valence-electron chi connectivity index (χ0n) is 17.7. The second-order valence-corrected chi connectivity index (χ2v) is 8.57. The van der Waals surface area contributed by atoms with E-state index in [0.29, 0.717) is 31.1 Å².